The quantitative estimate of drug-likeness (QED) is 0.129. The maximum atomic E-state index is 8.40. The molecule has 1 rings (SSSR count). The zero-order valence-corrected chi connectivity index (χ0v) is 21.0. The van der Waals surface area contributed by atoms with Gasteiger partial charge in [-0.2, -0.15) is 12.6 Å². The van der Waals surface area contributed by atoms with Crippen molar-refractivity contribution in [3.05, 3.63) is 76.3 Å². The molecule has 0 radical (unpaired) electrons. The van der Waals surface area contributed by atoms with Crippen molar-refractivity contribution in [3.8, 4) is 5.75 Å². The van der Waals surface area contributed by atoms with E-state index < -0.39 is 0 Å². The minimum Gasteiger partial charge on any atom is -0.490 e. The molecule has 1 aromatic rings. The Morgan fingerprint density at radius 2 is 1.68 bits per heavy atom. The highest BCUT2D eigenvalue weighted by molar-refractivity contribution is 7.83. The number of nitrogens with one attached hydrogen (secondary N) is 1. The molecule has 2 nitrogen and oxygen atoms in total. The molecule has 0 saturated carbocycles. The Balaban J connectivity index is 2.57. The van der Waals surface area contributed by atoms with Crippen molar-refractivity contribution >= 4 is 18.3 Å². The Hall–Kier alpha value is -2.00. The Kier molecular flexibility index (Phi) is 13.0. The molecule has 0 aromatic heterocycles. The van der Waals surface area contributed by atoms with Crippen molar-refractivity contribution in [3.63, 3.8) is 0 Å². The van der Waals surface area contributed by atoms with Gasteiger partial charge in [0.1, 0.15) is 5.75 Å². The normalized spacial score (nSPS) is 12.9. The van der Waals surface area contributed by atoms with Gasteiger partial charge in [0.25, 0.3) is 0 Å². The van der Waals surface area contributed by atoms with Crippen LogP contribution in [0, 0.1) is 5.41 Å². The Bertz CT molecular complexity index is 793. The highest BCUT2D eigenvalue weighted by Crippen LogP contribution is 2.20. The third-order valence-corrected chi connectivity index (χ3v) is 5.65. The maximum absolute atomic E-state index is 8.40. The van der Waals surface area contributed by atoms with Crippen LogP contribution in [0.1, 0.15) is 78.7 Å². The summed E-state index contributed by atoms with van der Waals surface area (Å²) >= 11 is 4.13. The van der Waals surface area contributed by atoms with E-state index in [0.717, 1.165) is 66.6 Å². The van der Waals surface area contributed by atoms with Crippen molar-refractivity contribution in [1.29, 1.82) is 5.41 Å². The zero-order chi connectivity index (χ0) is 23.2. The first-order valence-corrected chi connectivity index (χ1v) is 12.0. The largest absolute Gasteiger partial charge is 0.490 e. The summed E-state index contributed by atoms with van der Waals surface area (Å²) in [5.74, 6) is 0.962. The lowest BCUT2D eigenvalue weighted by atomic mass is 9.97. The molecule has 0 aliphatic rings. The molecule has 0 saturated heterocycles. The van der Waals surface area contributed by atoms with E-state index in [1.54, 1.807) is 5.41 Å². The molecule has 3 heteroatoms. The summed E-state index contributed by atoms with van der Waals surface area (Å²) in [6.07, 6.45) is 11.3. The lowest BCUT2D eigenvalue weighted by Gasteiger charge is -2.18. The minimum absolute atomic E-state index is 0.319. The first kappa shape index (κ1) is 27.0. The summed E-state index contributed by atoms with van der Waals surface area (Å²) in [4.78, 5) is 0. The van der Waals surface area contributed by atoms with Crippen LogP contribution in [0.4, 0.5) is 0 Å². The van der Waals surface area contributed by atoms with E-state index in [-0.39, 0.29) is 0 Å². The molecule has 0 unspecified atom stereocenters. The number of aryl methyl sites for hydroxylation is 1. The topological polar surface area (TPSA) is 33.1 Å². The molecule has 1 aromatic carbocycles. The van der Waals surface area contributed by atoms with E-state index in [9.17, 15) is 0 Å². The van der Waals surface area contributed by atoms with Crippen LogP contribution in [0.2, 0.25) is 0 Å². The number of rotatable bonds is 14. The lowest BCUT2D eigenvalue weighted by Crippen LogP contribution is -2.15. The molecule has 170 valence electrons. The minimum atomic E-state index is 0.319. The third kappa shape index (κ3) is 10.7. The van der Waals surface area contributed by atoms with Gasteiger partial charge >= 0.3 is 0 Å². The second-order valence-electron chi connectivity index (χ2n) is 8.38. The van der Waals surface area contributed by atoms with E-state index in [2.05, 4.69) is 77.2 Å². The van der Waals surface area contributed by atoms with Gasteiger partial charge in [0, 0.05) is 12.1 Å². The van der Waals surface area contributed by atoms with E-state index in [4.69, 9.17) is 10.1 Å². The predicted octanol–water partition coefficient (Wildman–Crippen LogP) is 8.66. The van der Waals surface area contributed by atoms with Gasteiger partial charge in [-0.15, -0.1) is 0 Å². The van der Waals surface area contributed by atoms with Gasteiger partial charge in [0.2, 0.25) is 0 Å². The standard InChI is InChI=1S/C28H41NOS/c1-7-9-26(10-8-2)30-27-15-13-25(14-16-27)12-11-21(3)19-28(29)24(6)20-23(5)22(4)17-18-31/h13-18,20,26,29,31H,3,7-12,19H2,1-2,4-6H3/b18-17-,23-22+,24-20+,29-28?. The average molecular weight is 440 g/mol. The van der Waals surface area contributed by atoms with Gasteiger partial charge in [-0.3, -0.25) is 0 Å². The van der Waals surface area contributed by atoms with Gasteiger partial charge in [0.05, 0.1) is 6.10 Å². The SMILES string of the molecule is C=C(CCc1ccc(OC(CCC)CCC)cc1)CC(=N)/C(C)=C/C(C)=C(C)/C=C\S. The van der Waals surface area contributed by atoms with E-state index >= 15 is 0 Å². The van der Waals surface area contributed by atoms with Crippen LogP contribution in [0.5, 0.6) is 5.75 Å². The van der Waals surface area contributed by atoms with Crippen LogP contribution in [-0.2, 0) is 6.42 Å². The van der Waals surface area contributed by atoms with Gasteiger partial charge in [-0.05, 0) is 86.3 Å². The third-order valence-electron chi connectivity index (χ3n) is 5.50. The highest BCUT2D eigenvalue weighted by Gasteiger charge is 2.09. The van der Waals surface area contributed by atoms with Crippen LogP contribution in [0.15, 0.2) is 70.7 Å². The van der Waals surface area contributed by atoms with Crippen LogP contribution in [0.25, 0.3) is 0 Å². The second kappa shape index (κ2) is 14.9. The molecule has 0 amide bonds. The first-order chi connectivity index (χ1) is 14.8. The summed E-state index contributed by atoms with van der Waals surface area (Å²) in [5.41, 5.74) is 6.31. The van der Waals surface area contributed by atoms with E-state index in [1.165, 1.54) is 5.56 Å². The fraction of sp³-hybridized carbons (Fsp3) is 0.464. The number of hydrogen-bond acceptors (Lipinski definition) is 3. The Morgan fingerprint density at radius 3 is 2.23 bits per heavy atom. The maximum Gasteiger partial charge on any atom is 0.119 e. The predicted molar refractivity (Wildman–Crippen MR) is 141 cm³/mol. The number of allylic oxidation sites excluding steroid dienone is 6. The van der Waals surface area contributed by atoms with Gasteiger partial charge in [-0.1, -0.05) is 63.1 Å². The van der Waals surface area contributed by atoms with Crippen LogP contribution in [-0.4, -0.2) is 11.8 Å². The molecule has 0 aliphatic heterocycles. The summed E-state index contributed by atoms with van der Waals surface area (Å²) in [5, 5.41) is 10.1. The van der Waals surface area contributed by atoms with Gasteiger partial charge in [0.15, 0.2) is 0 Å². The summed E-state index contributed by atoms with van der Waals surface area (Å²) in [6, 6.07) is 8.48. The summed E-state index contributed by atoms with van der Waals surface area (Å²) < 4.78 is 6.15. The van der Waals surface area contributed by atoms with Crippen molar-refractivity contribution in [1.82, 2.24) is 0 Å². The van der Waals surface area contributed by atoms with E-state index in [1.807, 2.05) is 13.0 Å². The Labute approximate surface area is 196 Å². The average Bonchev–Trinajstić information content (AvgIpc) is 2.73. The molecular formula is C28H41NOS. The fourth-order valence-corrected chi connectivity index (χ4v) is 3.62. The number of benzene rings is 1. The lowest BCUT2D eigenvalue weighted by molar-refractivity contribution is 0.179. The van der Waals surface area contributed by atoms with Crippen LogP contribution < -0.4 is 4.74 Å². The first-order valence-electron chi connectivity index (χ1n) is 11.5. The zero-order valence-electron chi connectivity index (χ0n) is 20.1. The summed E-state index contributed by atoms with van der Waals surface area (Å²) in [7, 11) is 0. The van der Waals surface area contributed by atoms with Crippen molar-refractivity contribution in [2.75, 3.05) is 0 Å². The Morgan fingerprint density at radius 1 is 1.06 bits per heavy atom. The summed E-state index contributed by atoms with van der Waals surface area (Å²) in [6.45, 7) is 14.7. The fourth-order valence-electron chi connectivity index (χ4n) is 3.40. The number of thiol groups is 1. The molecule has 0 spiro atoms. The monoisotopic (exact) mass is 439 g/mol. The highest BCUT2D eigenvalue weighted by atomic mass is 32.1. The van der Waals surface area contributed by atoms with Gasteiger partial charge in [-0.25, -0.2) is 0 Å². The van der Waals surface area contributed by atoms with E-state index in [0.29, 0.717) is 18.2 Å². The number of hydrogen-bond donors (Lipinski definition) is 2. The molecule has 0 atom stereocenters. The van der Waals surface area contributed by atoms with Crippen LogP contribution in [0.3, 0.4) is 0 Å². The number of ether oxygens (including phenoxy) is 1. The van der Waals surface area contributed by atoms with Crippen molar-refractivity contribution < 1.29 is 4.74 Å². The molecule has 31 heavy (non-hydrogen) atoms. The molecule has 0 heterocycles. The smallest absolute Gasteiger partial charge is 0.119 e. The second-order valence-corrected chi connectivity index (χ2v) is 8.67. The molecule has 1 N–H and O–H groups in total. The van der Waals surface area contributed by atoms with Crippen molar-refractivity contribution in [2.45, 2.75) is 85.7 Å². The van der Waals surface area contributed by atoms with Crippen molar-refractivity contribution in [2.24, 2.45) is 0 Å². The van der Waals surface area contributed by atoms with Gasteiger partial charge < -0.3 is 10.1 Å². The van der Waals surface area contributed by atoms with Crippen LogP contribution >= 0.6 is 12.6 Å². The molecular weight excluding hydrogens is 398 g/mol. The molecule has 0 fully saturated rings. The molecule has 0 bridgehead atoms. The molecule has 0 aliphatic carbocycles.